The van der Waals surface area contributed by atoms with Crippen molar-refractivity contribution in [2.75, 3.05) is 0 Å². The Morgan fingerprint density at radius 2 is 0.333 bits per heavy atom. The zero-order valence-corrected chi connectivity index (χ0v) is 54.6. The van der Waals surface area contributed by atoms with Crippen LogP contribution < -0.4 is 31.1 Å². The topological polar surface area (TPSA) is 31.5 Å². The normalized spacial score (nSPS) is 12.7. The van der Waals surface area contributed by atoms with Gasteiger partial charge in [-0.05, 0) is 0 Å². The molecule has 370 valence electrons. The van der Waals surface area contributed by atoms with Gasteiger partial charge in [-0.3, -0.25) is 0 Å². The van der Waals surface area contributed by atoms with E-state index in [1.807, 2.05) is 72.8 Å². The quantitative estimate of drug-likeness (QED) is 0.0607. The minimum Gasteiger partial charge on any atom is -0.412 e. The SMILES string of the molecule is C[Si](C)([CH2][Sn]([CH2][Si](C)(C)c1ccc(F)cc1)[CH2][Si](C)(C)c1ccc(F)cc1)c1ccc(F)cc1.C[Si](C)([CH2][Sn]([CH2][Si](C)(C)c1ccc(F)cc1)[CH2][Si](C)(C)c1ccc(F)cc1)c1ccc(F)cc1.O. The molecule has 2 radical (unpaired) electrons. The van der Waals surface area contributed by atoms with Crippen LogP contribution in [0.4, 0.5) is 26.3 Å². The fourth-order valence-corrected chi connectivity index (χ4v) is 122. The molecule has 0 aliphatic rings. The van der Waals surface area contributed by atoms with Crippen LogP contribution in [0.15, 0.2) is 146 Å². The molecule has 69 heavy (non-hydrogen) atoms. The van der Waals surface area contributed by atoms with E-state index in [0.717, 1.165) is 0 Å². The summed E-state index contributed by atoms with van der Waals surface area (Å²) in [5.74, 6) is -1.07. The molecule has 0 fully saturated rings. The van der Waals surface area contributed by atoms with E-state index < -0.39 is 88.0 Å². The molecular weight excluding hydrogens is 1180 g/mol. The third kappa shape index (κ3) is 17.5. The molecule has 0 heterocycles. The molecule has 0 saturated heterocycles. The van der Waals surface area contributed by atoms with Gasteiger partial charge in [0.05, 0.1) is 0 Å². The monoisotopic (exact) mass is 1260 g/mol. The van der Waals surface area contributed by atoms with E-state index in [2.05, 4.69) is 78.6 Å². The van der Waals surface area contributed by atoms with Crippen molar-refractivity contribution in [3.63, 3.8) is 0 Å². The number of hydrogen-bond acceptors (Lipinski definition) is 0. The predicted octanol–water partition coefficient (Wildman–Crippen LogP) is 11.9. The van der Waals surface area contributed by atoms with Crippen molar-refractivity contribution in [1.82, 2.24) is 0 Å². The molecule has 0 bridgehead atoms. The summed E-state index contributed by atoms with van der Waals surface area (Å²) in [6, 6.07) is 43.1. The van der Waals surface area contributed by atoms with Crippen LogP contribution in [0.5, 0.6) is 0 Å². The maximum absolute atomic E-state index is 13.6. The van der Waals surface area contributed by atoms with Crippen molar-refractivity contribution in [2.45, 2.75) is 103 Å². The third-order valence-electron chi connectivity index (χ3n) is 13.9. The van der Waals surface area contributed by atoms with Gasteiger partial charge in [0.1, 0.15) is 0 Å². The van der Waals surface area contributed by atoms with Crippen molar-refractivity contribution in [2.24, 2.45) is 0 Å². The molecule has 1 nitrogen and oxygen atoms in total. The van der Waals surface area contributed by atoms with Crippen molar-refractivity contribution >= 4 is 119 Å². The van der Waals surface area contributed by atoms with Crippen LogP contribution in [0.2, 0.25) is 103 Å². The number of halogens is 6. The largest absolute Gasteiger partial charge is 0.412 e. The first-order valence-electron chi connectivity index (χ1n) is 23.8. The van der Waals surface area contributed by atoms with Crippen LogP contribution in [0.25, 0.3) is 0 Å². The van der Waals surface area contributed by atoms with Crippen LogP contribution in [0, 0.1) is 34.9 Å². The minimum atomic E-state index is -1.98. The van der Waals surface area contributed by atoms with Crippen LogP contribution in [-0.2, 0) is 0 Å². The summed E-state index contributed by atoms with van der Waals surface area (Å²) in [6.07, 6.45) is 0. The Morgan fingerprint density at radius 3 is 0.435 bits per heavy atom. The number of hydrogen-bond donors (Lipinski definition) is 0. The van der Waals surface area contributed by atoms with E-state index in [4.69, 9.17) is 0 Å². The first kappa shape index (κ1) is 59.3. The van der Waals surface area contributed by atoms with E-state index in [9.17, 15) is 26.3 Å². The molecule has 0 aromatic heterocycles. The zero-order valence-electron chi connectivity index (χ0n) is 42.9. The molecule has 6 aromatic carbocycles. The summed E-state index contributed by atoms with van der Waals surface area (Å²) in [6.45, 7) is 29.2. The van der Waals surface area contributed by atoms with Gasteiger partial charge in [0.15, 0.2) is 0 Å². The maximum atomic E-state index is 13.6. The van der Waals surface area contributed by atoms with Gasteiger partial charge in [0.2, 0.25) is 0 Å². The molecule has 0 atom stereocenters. The van der Waals surface area contributed by atoms with Gasteiger partial charge in [-0.2, -0.15) is 0 Å². The molecule has 0 spiro atoms. The van der Waals surface area contributed by atoms with Crippen LogP contribution in [-0.4, -0.2) is 93.4 Å². The van der Waals surface area contributed by atoms with Gasteiger partial charge in [-0.15, -0.1) is 0 Å². The second kappa shape index (κ2) is 24.7. The maximum Gasteiger partial charge on any atom is -0.412 e. The molecule has 0 saturated carbocycles. The molecule has 15 heteroatoms. The Kier molecular flexibility index (Phi) is 21.2. The predicted molar refractivity (Wildman–Crippen MR) is 305 cm³/mol. The van der Waals surface area contributed by atoms with Crippen molar-refractivity contribution < 1.29 is 31.8 Å². The van der Waals surface area contributed by atoms with E-state index >= 15 is 0 Å². The Bertz CT molecular complexity index is 2060. The Morgan fingerprint density at radius 1 is 0.232 bits per heavy atom. The van der Waals surface area contributed by atoms with Crippen molar-refractivity contribution in [3.05, 3.63) is 180 Å². The van der Waals surface area contributed by atoms with Gasteiger partial charge in [-0.25, -0.2) is 0 Å². The van der Waals surface area contributed by atoms with E-state index in [1.165, 1.54) is 55.5 Å². The van der Waals surface area contributed by atoms with E-state index in [0.29, 0.717) is 0 Å². The first-order valence-corrected chi connectivity index (χ1v) is 55.2. The summed E-state index contributed by atoms with van der Waals surface area (Å²) in [4.78, 5) is 0. The summed E-state index contributed by atoms with van der Waals surface area (Å²) in [5, 5.41) is 7.97. The van der Waals surface area contributed by atoms with Crippen LogP contribution >= 0.6 is 0 Å². The van der Waals surface area contributed by atoms with Crippen molar-refractivity contribution in [3.8, 4) is 0 Å². The summed E-state index contributed by atoms with van der Waals surface area (Å²) in [7, 11) is -10.4. The second-order valence-corrected chi connectivity index (χ2v) is 77.8. The van der Waals surface area contributed by atoms with Crippen LogP contribution in [0.3, 0.4) is 0 Å². The average Bonchev–Trinajstić information content (AvgIpc) is 3.24. The van der Waals surface area contributed by atoms with Gasteiger partial charge in [0.25, 0.3) is 0 Å². The van der Waals surface area contributed by atoms with E-state index in [-0.39, 0.29) is 40.4 Å². The molecule has 2 N–H and O–H groups in total. The minimum absolute atomic E-state index is 0. The number of rotatable bonds is 18. The Hall–Kier alpha value is -2.24. The summed E-state index contributed by atoms with van der Waals surface area (Å²) >= 11 is -3.96. The molecule has 0 amide bonds. The van der Waals surface area contributed by atoms with E-state index in [1.54, 1.807) is 72.8 Å². The summed E-state index contributed by atoms with van der Waals surface area (Å²) in [5.41, 5.74) is 0. The van der Waals surface area contributed by atoms with Gasteiger partial charge >= 0.3 is 429 Å². The number of benzene rings is 6. The fraction of sp³-hybridized carbons (Fsp3) is 0.333. The molecule has 0 aliphatic carbocycles. The van der Waals surface area contributed by atoms with Crippen molar-refractivity contribution in [1.29, 1.82) is 0 Å². The van der Waals surface area contributed by atoms with Crippen LogP contribution in [0.1, 0.15) is 0 Å². The first-order chi connectivity index (χ1) is 31.6. The molecular formula is C54H74F6OSi6Sn2. The second-order valence-electron chi connectivity index (χ2n) is 22.9. The molecule has 6 aromatic rings. The average molecular weight is 1260 g/mol. The third-order valence-corrected chi connectivity index (χ3v) is 105. The zero-order chi connectivity index (χ0) is 50.3. The standard InChI is InChI=1S/6C9H12FSi.H2O.2Sn/c6*1-11(2,3)9-6-4-8(10)5-7-9;;;/h6*4-7H,1H2,2-3H3;1H2;;. The molecule has 0 unspecified atom stereocenters. The molecule has 0 aliphatic heterocycles. The molecule has 6 rings (SSSR count). The smallest absolute Gasteiger partial charge is 0.412 e. The fourth-order valence-electron chi connectivity index (χ4n) is 10.1. The Labute approximate surface area is 430 Å². The summed E-state index contributed by atoms with van der Waals surface area (Å²) < 4.78 is 89.5. The van der Waals surface area contributed by atoms with Gasteiger partial charge in [-0.1, -0.05) is 0 Å². The Balaban J connectivity index is 0.000000296. The van der Waals surface area contributed by atoms with Gasteiger partial charge < -0.3 is 5.48 Å². The van der Waals surface area contributed by atoms with Gasteiger partial charge in [0, 0.05) is 0 Å².